The number of hydrogen-bond donors (Lipinski definition) is 2. The summed E-state index contributed by atoms with van der Waals surface area (Å²) in [6.45, 7) is 8.07. The number of hydrogen-bond acceptors (Lipinski definition) is 2. The van der Waals surface area contributed by atoms with Crippen LogP contribution in [0.15, 0.2) is 0 Å². The zero-order valence-corrected chi connectivity index (χ0v) is 13.5. The second-order valence-electron chi connectivity index (χ2n) is 6.25. The van der Waals surface area contributed by atoms with E-state index in [9.17, 15) is 9.59 Å². The largest absolute Gasteiger partial charge is 0.480 e. The number of carbonyl (C=O) groups excluding carboxylic acids is 1. The molecule has 0 heterocycles. The summed E-state index contributed by atoms with van der Waals surface area (Å²) in [5.41, 5.74) is -1.19. The van der Waals surface area contributed by atoms with Crippen LogP contribution in [-0.4, -0.2) is 41.1 Å². The molecule has 0 spiro atoms. The summed E-state index contributed by atoms with van der Waals surface area (Å²) >= 11 is 0. The van der Waals surface area contributed by atoms with Crippen LogP contribution >= 0.6 is 0 Å². The van der Waals surface area contributed by atoms with Crippen molar-refractivity contribution in [2.75, 3.05) is 13.6 Å². The summed E-state index contributed by atoms with van der Waals surface area (Å²) < 4.78 is 0. The molecule has 0 aromatic rings. The molecule has 0 atom stereocenters. The van der Waals surface area contributed by atoms with E-state index in [1.807, 2.05) is 0 Å². The fourth-order valence-electron chi connectivity index (χ4n) is 1.74. The maximum atomic E-state index is 11.8. The number of urea groups is 1. The third-order valence-electron chi connectivity index (χ3n) is 3.65. The van der Waals surface area contributed by atoms with Gasteiger partial charge in [-0.3, -0.25) is 0 Å². The van der Waals surface area contributed by atoms with Crippen molar-refractivity contribution in [2.45, 2.75) is 65.3 Å². The van der Waals surface area contributed by atoms with Crippen molar-refractivity contribution in [2.24, 2.45) is 5.92 Å². The van der Waals surface area contributed by atoms with Crippen LogP contribution in [0.3, 0.4) is 0 Å². The molecule has 20 heavy (non-hydrogen) atoms. The van der Waals surface area contributed by atoms with Crippen LogP contribution in [0.25, 0.3) is 0 Å². The fourth-order valence-corrected chi connectivity index (χ4v) is 1.74. The Hall–Kier alpha value is -1.26. The van der Waals surface area contributed by atoms with E-state index >= 15 is 0 Å². The van der Waals surface area contributed by atoms with Crippen molar-refractivity contribution >= 4 is 12.0 Å². The summed E-state index contributed by atoms with van der Waals surface area (Å²) in [5, 5.41) is 11.8. The predicted octanol–water partition coefficient (Wildman–Crippen LogP) is 3.10. The van der Waals surface area contributed by atoms with Gasteiger partial charge in [-0.05, 0) is 26.2 Å². The predicted molar refractivity (Wildman–Crippen MR) is 80.8 cm³/mol. The van der Waals surface area contributed by atoms with Crippen molar-refractivity contribution in [1.29, 1.82) is 0 Å². The summed E-state index contributed by atoms with van der Waals surface area (Å²) in [6.07, 6.45) is 5.70. The van der Waals surface area contributed by atoms with E-state index in [0.29, 0.717) is 6.54 Å². The molecule has 0 aromatic carbocycles. The highest BCUT2D eigenvalue weighted by atomic mass is 16.4. The Kier molecular flexibility index (Phi) is 8.26. The van der Waals surface area contributed by atoms with Crippen molar-refractivity contribution < 1.29 is 14.7 Å². The van der Waals surface area contributed by atoms with Crippen LogP contribution in [0.1, 0.15) is 59.8 Å². The van der Waals surface area contributed by atoms with Gasteiger partial charge >= 0.3 is 12.0 Å². The Bertz CT molecular complexity index is 314. The third kappa shape index (κ3) is 6.78. The molecule has 0 fully saturated rings. The molecule has 0 aliphatic carbocycles. The molecule has 5 heteroatoms. The normalized spacial score (nSPS) is 11.5. The minimum absolute atomic E-state index is 0.334. The zero-order valence-electron chi connectivity index (χ0n) is 13.5. The molecule has 0 saturated carbocycles. The molecule has 0 saturated heterocycles. The van der Waals surface area contributed by atoms with Crippen LogP contribution < -0.4 is 5.32 Å². The van der Waals surface area contributed by atoms with Gasteiger partial charge in [0.15, 0.2) is 0 Å². The maximum Gasteiger partial charge on any atom is 0.329 e. The first kappa shape index (κ1) is 18.7. The number of nitrogens with one attached hydrogen (secondary N) is 1. The minimum Gasteiger partial charge on any atom is -0.480 e. The quantitative estimate of drug-likeness (QED) is 0.640. The van der Waals surface area contributed by atoms with Crippen LogP contribution in [0.4, 0.5) is 4.79 Å². The first-order valence-electron chi connectivity index (χ1n) is 7.44. The van der Waals surface area contributed by atoms with Gasteiger partial charge in [0, 0.05) is 13.6 Å². The Morgan fingerprint density at radius 2 is 1.70 bits per heavy atom. The van der Waals surface area contributed by atoms with E-state index in [4.69, 9.17) is 5.11 Å². The second-order valence-corrected chi connectivity index (χ2v) is 6.25. The van der Waals surface area contributed by atoms with Gasteiger partial charge < -0.3 is 15.3 Å². The Balaban J connectivity index is 3.81. The summed E-state index contributed by atoms with van der Waals surface area (Å²) in [5.74, 6) is -0.259. The van der Waals surface area contributed by atoms with E-state index in [1.165, 1.54) is 45.1 Å². The number of rotatable bonds is 9. The smallest absolute Gasteiger partial charge is 0.329 e. The Labute approximate surface area is 122 Å². The number of likely N-dealkylation sites (N-methyl/N-ethyl adjacent to an activating group) is 1. The molecule has 2 amide bonds. The molecular formula is C15H30N2O3. The van der Waals surface area contributed by atoms with Crippen LogP contribution in [0.2, 0.25) is 0 Å². The van der Waals surface area contributed by atoms with Crippen LogP contribution in [0.5, 0.6) is 0 Å². The van der Waals surface area contributed by atoms with Crippen molar-refractivity contribution in [3.63, 3.8) is 0 Å². The van der Waals surface area contributed by atoms with Gasteiger partial charge in [-0.25, -0.2) is 9.59 Å². The number of unbranched alkanes of at least 4 members (excludes halogenated alkanes) is 3. The van der Waals surface area contributed by atoms with Crippen LogP contribution in [-0.2, 0) is 4.79 Å². The standard InChI is InChI=1S/C15H30N2O3/c1-12(2)10-8-6-7-9-11-16-14(20)17(5)15(3,4)13(18)19/h12H,6-11H2,1-5H3,(H,16,20)(H,18,19). The Morgan fingerprint density at radius 1 is 1.15 bits per heavy atom. The lowest BCUT2D eigenvalue weighted by molar-refractivity contribution is -0.146. The van der Waals surface area contributed by atoms with Gasteiger partial charge in [-0.1, -0.05) is 39.5 Å². The maximum absolute atomic E-state index is 11.8. The van der Waals surface area contributed by atoms with Gasteiger partial charge in [-0.2, -0.15) is 0 Å². The highest BCUT2D eigenvalue weighted by Crippen LogP contribution is 2.12. The molecule has 5 nitrogen and oxygen atoms in total. The summed E-state index contributed by atoms with van der Waals surface area (Å²) in [4.78, 5) is 24.1. The average molecular weight is 286 g/mol. The van der Waals surface area contributed by atoms with Crippen LogP contribution in [0, 0.1) is 5.92 Å². The summed E-state index contributed by atoms with van der Waals surface area (Å²) in [6, 6.07) is -0.334. The first-order chi connectivity index (χ1) is 9.19. The highest BCUT2D eigenvalue weighted by Gasteiger charge is 2.34. The molecule has 0 bridgehead atoms. The highest BCUT2D eigenvalue weighted by molar-refractivity contribution is 5.85. The first-order valence-corrected chi connectivity index (χ1v) is 7.44. The number of nitrogens with zero attached hydrogens (tertiary/aromatic N) is 1. The lowest BCUT2D eigenvalue weighted by Gasteiger charge is -2.31. The third-order valence-corrected chi connectivity index (χ3v) is 3.65. The number of aliphatic carboxylic acids is 1. The van der Waals surface area contributed by atoms with E-state index in [-0.39, 0.29) is 6.03 Å². The molecule has 2 N–H and O–H groups in total. The van der Waals surface area contributed by atoms with Gasteiger partial charge in [0.1, 0.15) is 5.54 Å². The van der Waals surface area contributed by atoms with Gasteiger partial charge in [0.25, 0.3) is 0 Å². The monoisotopic (exact) mass is 286 g/mol. The number of carboxylic acid groups (broad SMARTS) is 1. The SMILES string of the molecule is CC(C)CCCCCCNC(=O)N(C)C(C)(C)C(=O)O. The van der Waals surface area contributed by atoms with E-state index in [0.717, 1.165) is 18.8 Å². The van der Waals surface area contributed by atoms with Crippen molar-refractivity contribution in [3.05, 3.63) is 0 Å². The van der Waals surface area contributed by atoms with E-state index in [1.54, 1.807) is 0 Å². The zero-order chi connectivity index (χ0) is 15.8. The van der Waals surface area contributed by atoms with Gasteiger partial charge in [0.2, 0.25) is 0 Å². The second kappa shape index (κ2) is 8.82. The number of carboxylic acids is 1. The molecule has 0 aliphatic heterocycles. The summed E-state index contributed by atoms with van der Waals surface area (Å²) in [7, 11) is 1.51. The van der Waals surface area contributed by atoms with E-state index in [2.05, 4.69) is 19.2 Å². The minimum atomic E-state index is -1.19. The lowest BCUT2D eigenvalue weighted by Crippen LogP contribution is -2.54. The van der Waals surface area contributed by atoms with Crippen molar-refractivity contribution in [3.8, 4) is 0 Å². The molecule has 0 radical (unpaired) electrons. The molecule has 0 unspecified atom stereocenters. The molecular weight excluding hydrogens is 256 g/mol. The molecule has 0 rings (SSSR count). The van der Waals surface area contributed by atoms with Gasteiger partial charge in [0.05, 0.1) is 0 Å². The topological polar surface area (TPSA) is 69.6 Å². The number of amides is 2. The molecule has 0 aromatic heterocycles. The molecule has 118 valence electrons. The van der Waals surface area contributed by atoms with E-state index < -0.39 is 11.5 Å². The van der Waals surface area contributed by atoms with Gasteiger partial charge in [-0.15, -0.1) is 0 Å². The van der Waals surface area contributed by atoms with Crippen molar-refractivity contribution in [1.82, 2.24) is 10.2 Å². The molecule has 0 aliphatic rings. The average Bonchev–Trinajstić information content (AvgIpc) is 2.35. The fraction of sp³-hybridized carbons (Fsp3) is 0.867. The number of carbonyl (C=O) groups is 2. The lowest BCUT2D eigenvalue weighted by atomic mass is 10.0. The Morgan fingerprint density at radius 3 is 2.20 bits per heavy atom.